The zero-order valence-electron chi connectivity index (χ0n) is 11.7. The molecule has 0 saturated carbocycles. The van der Waals surface area contributed by atoms with E-state index in [1.807, 2.05) is 31.2 Å². The van der Waals surface area contributed by atoms with Crippen LogP contribution >= 0.6 is 0 Å². The van der Waals surface area contributed by atoms with Gasteiger partial charge < -0.3 is 19.8 Å². The van der Waals surface area contributed by atoms with E-state index in [0.717, 1.165) is 11.3 Å². The van der Waals surface area contributed by atoms with Crippen LogP contribution in [-0.2, 0) is 4.79 Å². The van der Waals surface area contributed by atoms with E-state index in [-0.39, 0.29) is 19.0 Å². The van der Waals surface area contributed by atoms with Gasteiger partial charge in [0.25, 0.3) is 0 Å². The molecule has 0 aliphatic carbocycles. The van der Waals surface area contributed by atoms with Crippen LogP contribution in [0.1, 0.15) is 18.4 Å². The highest BCUT2D eigenvalue weighted by molar-refractivity contribution is 5.76. The number of para-hydroxylation sites is 1. The lowest BCUT2D eigenvalue weighted by Crippen LogP contribution is -2.29. The van der Waals surface area contributed by atoms with Crippen molar-refractivity contribution in [3.05, 3.63) is 29.8 Å². The molecular weight excluding hydrogens is 258 g/mol. The maximum atomic E-state index is 11.9. The van der Waals surface area contributed by atoms with Crippen LogP contribution in [0.4, 0.5) is 0 Å². The first-order valence-electron chi connectivity index (χ1n) is 6.90. The second kappa shape index (κ2) is 6.72. The molecule has 2 unspecified atom stereocenters. The van der Waals surface area contributed by atoms with Crippen LogP contribution in [0.3, 0.4) is 0 Å². The minimum absolute atomic E-state index is 0.0472. The van der Waals surface area contributed by atoms with Crippen molar-refractivity contribution in [3.8, 4) is 5.75 Å². The van der Waals surface area contributed by atoms with E-state index in [0.29, 0.717) is 19.4 Å². The fraction of sp³-hybridized carbons (Fsp3) is 0.533. The summed E-state index contributed by atoms with van der Waals surface area (Å²) in [5.41, 5.74) is 1.07. The topological polar surface area (TPSA) is 70.0 Å². The number of nitrogens with zero attached hydrogens (tertiary/aromatic N) is 1. The van der Waals surface area contributed by atoms with E-state index in [4.69, 9.17) is 4.74 Å². The highest BCUT2D eigenvalue weighted by Crippen LogP contribution is 2.17. The normalized spacial score (nSPS) is 22.1. The molecule has 2 atom stereocenters. The van der Waals surface area contributed by atoms with E-state index >= 15 is 0 Å². The number of carbonyl (C=O) groups is 1. The van der Waals surface area contributed by atoms with Gasteiger partial charge in [-0.2, -0.15) is 0 Å². The Bertz CT molecular complexity index is 453. The lowest BCUT2D eigenvalue weighted by molar-refractivity contribution is -0.130. The summed E-state index contributed by atoms with van der Waals surface area (Å²) in [5.74, 6) is 0.793. The number of carbonyl (C=O) groups excluding carboxylic acids is 1. The lowest BCUT2D eigenvalue weighted by Gasteiger charge is -2.15. The first-order valence-corrected chi connectivity index (χ1v) is 6.90. The molecule has 20 heavy (non-hydrogen) atoms. The van der Waals surface area contributed by atoms with Crippen molar-refractivity contribution in [1.82, 2.24) is 4.90 Å². The van der Waals surface area contributed by atoms with Gasteiger partial charge >= 0.3 is 0 Å². The predicted octanol–water partition coefficient (Wildman–Crippen LogP) is 0.718. The van der Waals surface area contributed by atoms with Crippen LogP contribution in [0.15, 0.2) is 24.3 Å². The van der Waals surface area contributed by atoms with Crippen LogP contribution < -0.4 is 4.74 Å². The van der Waals surface area contributed by atoms with Crippen molar-refractivity contribution in [2.45, 2.75) is 32.0 Å². The van der Waals surface area contributed by atoms with Gasteiger partial charge in [0.15, 0.2) is 0 Å². The summed E-state index contributed by atoms with van der Waals surface area (Å²) in [4.78, 5) is 13.4. The van der Waals surface area contributed by atoms with Gasteiger partial charge in [-0.1, -0.05) is 18.2 Å². The third kappa shape index (κ3) is 3.71. The third-order valence-electron chi connectivity index (χ3n) is 3.50. The number of aryl methyl sites for hydroxylation is 1. The molecule has 1 amide bonds. The number of rotatable bonds is 5. The SMILES string of the molecule is Cc1ccccc1OCCCC(=O)N1CC(O)C(O)C1. The predicted molar refractivity (Wildman–Crippen MR) is 74.5 cm³/mol. The van der Waals surface area contributed by atoms with Crippen LogP contribution in [0.25, 0.3) is 0 Å². The van der Waals surface area contributed by atoms with Crippen molar-refractivity contribution in [2.75, 3.05) is 19.7 Å². The van der Waals surface area contributed by atoms with Gasteiger partial charge in [0, 0.05) is 19.5 Å². The number of aliphatic hydroxyl groups excluding tert-OH is 2. The summed E-state index contributed by atoms with van der Waals surface area (Å²) in [6.07, 6.45) is -0.648. The number of β-amino-alcohol motifs (C(OH)–C–C–N with tert-alkyl or cyclic N) is 2. The van der Waals surface area contributed by atoms with E-state index in [1.165, 1.54) is 4.90 Å². The maximum Gasteiger partial charge on any atom is 0.222 e. The number of ether oxygens (including phenoxy) is 1. The number of aliphatic hydroxyl groups is 2. The molecule has 1 aromatic rings. The summed E-state index contributed by atoms with van der Waals surface area (Å²) in [5, 5.41) is 18.8. The van der Waals surface area contributed by atoms with Crippen molar-refractivity contribution in [3.63, 3.8) is 0 Å². The zero-order valence-corrected chi connectivity index (χ0v) is 11.7. The van der Waals surface area contributed by atoms with E-state index < -0.39 is 12.2 Å². The summed E-state index contributed by atoms with van der Waals surface area (Å²) in [6, 6.07) is 7.76. The van der Waals surface area contributed by atoms with E-state index in [9.17, 15) is 15.0 Å². The molecule has 5 heteroatoms. The number of likely N-dealkylation sites (tertiary alicyclic amines) is 1. The van der Waals surface area contributed by atoms with Crippen LogP contribution in [0, 0.1) is 6.92 Å². The van der Waals surface area contributed by atoms with Gasteiger partial charge in [-0.05, 0) is 25.0 Å². The molecule has 0 bridgehead atoms. The van der Waals surface area contributed by atoms with Gasteiger partial charge in [0.05, 0.1) is 18.8 Å². The lowest BCUT2D eigenvalue weighted by atomic mass is 10.2. The summed E-state index contributed by atoms with van der Waals surface area (Å²) < 4.78 is 5.62. The summed E-state index contributed by atoms with van der Waals surface area (Å²) in [6.45, 7) is 2.90. The number of hydrogen-bond acceptors (Lipinski definition) is 4. The monoisotopic (exact) mass is 279 g/mol. The summed E-state index contributed by atoms with van der Waals surface area (Å²) >= 11 is 0. The van der Waals surface area contributed by atoms with Crippen LogP contribution in [-0.4, -0.2) is 52.9 Å². The zero-order chi connectivity index (χ0) is 14.5. The Morgan fingerprint density at radius 3 is 2.60 bits per heavy atom. The molecule has 1 aliphatic rings. The van der Waals surface area contributed by atoms with E-state index in [1.54, 1.807) is 0 Å². The average molecular weight is 279 g/mol. The molecule has 2 rings (SSSR count). The van der Waals surface area contributed by atoms with Crippen molar-refractivity contribution in [2.24, 2.45) is 0 Å². The highest BCUT2D eigenvalue weighted by atomic mass is 16.5. The molecule has 2 N–H and O–H groups in total. The number of amides is 1. The molecule has 1 fully saturated rings. The quantitative estimate of drug-likeness (QED) is 0.779. The smallest absolute Gasteiger partial charge is 0.222 e. The van der Waals surface area contributed by atoms with Crippen molar-refractivity contribution in [1.29, 1.82) is 0 Å². The summed E-state index contributed by atoms with van der Waals surface area (Å²) in [7, 11) is 0. The Morgan fingerprint density at radius 1 is 1.30 bits per heavy atom. The fourth-order valence-corrected chi connectivity index (χ4v) is 2.26. The minimum Gasteiger partial charge on any atom is -0.493 e. The Hall–Kier alpha value is -1.59. The highest BCUT2D eigenvalue weighted by Gasteiger charge is 2.31. The maximum absolute atomic E-state index is 11.9. The van der Waals surface area contributed by atoms with Crippen LogP contribution in [0.2, 0.25) is 0 Å². The molecular formula is C15H21NO4. The molecule has 1 saturated heterocycles. The first kappa shape index (κ1) is 14.8. The Morgan fingerprint density at radius 2 is 1.95 bits per heavy atom. The molecule has 1 heterocycles. The standard InChI is InChI=1S/C15H21NO4/c1-11-5-2-3-6-14(11)20-8-4-7-15(19)16-9-12(17)13(18)10-16/h2-3,5-6,12-13,17-18H,4,7-10H2,1H3. The molecule has 1 aromatic carbocycles. The second-order valence-corrected chi connectivity index (χ2v) is 5.15. The molecule has 0 spiro atoms. The van der Waals surface area contributed by atoms with Crippen LogP contribution in [0.5, 0.6) is 5.75 Å². The number of benzene rings is 1. The first-order chi connectivity index (χ1) is 9.58. The van der Waals surface area contributed by atoms with Crippen molar-refractivity contribution >= 4 is 5.91 Å². The van der Waals surface area contributed by atoms with Gasteiger partial charge in [0.2, 0.25) is 5.91 Å². The average Bonchev–Trinajstić information content (AvgIpc) is 2.76. The van der Waals surface area contributed by atoms with Gasteiger partial charge in [-0.25, -0.2) is 0 Å². The Labute approximate surface area is 118 Å². The minimum atomic E-state index is -0.817. The van der Waals surface area contributed by atoms with Gasteiger partial charge in [-0.15, -0.1) is 0 Å². The molecule has 110 valence electrons. The third-order valence-corrected chi connectivity index (χ3v) is 3.50. The van der Waals surface area contributed by atoms with Crippen molar-refractivity contribution < 1.29 is 19.7 Å². The molecule has 5 nitrogen and oxygen atoms in total. The Kier molecular flexibility index (Phi) is 4.98. The van der Waals surface area contributed by atoms with Gasteiger partial charge in [-0.3, -0.25) is 4.79 Å². The molecule has 0 radical (unpaired) electrons. The molecule has 1 aliphatic heterocycles. The number of hydrogen-bond donors (Lipinski definition) is 2. The van der Waals surface area contributed by atoms with Gasteiger partial charge in [0.1, 0.15) is 5.75 Å². The Balaban J connectivity index is 1.69. The molecule has 0 aromatic heterocycles. The fourth-order valence-electron chi connectivity index (χ4n) is 2.26. The van der Waals surface area contributed by atoms with E-state index in [2.05, 4.69) is 0 Å². The largest absolute Gasteiger partial charge is 0.493 e. The second-order valence-electron chi connectivity index (χ2n) is 5.15.